The summed E-state index contributed by atoms with van der Waals surface area (Å²) in [5.74, 6) is 0.555. The lowest BCUT2D eigenvalue weighted by molar-refractivity contribution is -0.114. The third kappa shape index (κ3) is 7.82. The summed E-state index contributed by atoms with van der Waals surface area (Å²) in [6.07, 6.45) is 5.93. The number of benzene rings is 1. The number of unbranched alkanes of at least 4 members (excludes halogenated alkanes) is 3. The highest BCUT2D eigenvalue weighted by Crippen LogP contribution is 2.17. The first-order valence-corrected chi connectivity index (χ1v) is 8.56. The molecule has 0 atom stereocenters. The van der Waals surface area contributed by atoms with Gasteiger partial charge >= 0.3 is 0 Å². The molecule has 0 fully saturated rings. The van der Waals surface area contributed by atoms with Gasteiger partial charge in [-0.05, 0) is 37.0 Å². The fourth-order valence-electron chi connectivity index (χ4n) is 2.42. The van der Waals surface area contributed by atoms with Crippen LogP contribution in [-0.2, 0) is 4.79 Å². The maximum atomic E-state index is 12.1. The number of rotatable bonds is 9. The number of hydrogen-bond donors (Lipinski definition) is 2. The molecule has 0 spiro atoms. The average molecular weight is 318 g/mol. The van der Waals surface area contributed by atoms with E-state index in [1.165, 1.54) is 26.2 Å². The summed E-state index contributed by atoms with van der Waals surface area (Å²) in [6, 6.07) is 5.37. The number of hydrogen-bond acceptors (Lipinski definition) is 2. The van der Waals surface area contributed by atoms with Crippen LogP contribution < -0.4 is 10.6 Å². The number of anilines is 1. The van der Waals surface area contributed by atoms with Crippen LogP contribution in [-0.4, -0.2) is 18.4 Å². The molecule has 2 amide bonds. The van der Waals surface area contributed by atoms with Crippen LogP contribution in [0, 0.1) is 12.8 Å². The van der Waals surface area contributed by atoms with E-state index >= 15 is 0 Å². The summed E-state index contributed by atoms with van der Waals surface area (Å²) >= 11 is 0. The fraction of sp³-hybridized carbons (Fsp3) is 0.579. The van der Waals surface area contributed by atoms with E-state index in [1.54, 1.807) is 12.1 Å². The minimum atomic E-state index is -0.132. The quantitative estimate of drug-likeness (QED) is 0.667. The molecule has 1 aromatic rings. The summed E-state index contributed by atoms with van der Waals surface area (Å²) < 4.78 is 0. The molecule has 0 aliphatic heterocycles. The highest BCUT2D eigenvalue weighted by molar-refractivity contribution is 5.97. The zero-order chi connectivity index (χ0) is 17.2. The third-order valence-corrected chi connectivity index (χ3v) is 3.80. The third-order valence-electron chi connectivity index (χ3n) is 3.80. The molecule has 0 heterocycles. The lowest BCUT2D eigenvalue weighted by Gasteiger charge is -2.10. The van der Waals surface area contributed by atoms with E-state index in [4.69, 9.17) is 0 Å². The molecule has 0 radical (unpaired) electrons. The van der Waals surface area contributed by atoms with Gasteiger partial charge in [0, 0.05) is 24.7 Å². The van der Waals surface area contributed by atoms with E-state index in [0.717, 1.165) is 24.3 Å². The van der Waals surface area contributed by atoms with Gasteiger partial charge in [-0.3, -0.25) is 9.59 Å². The maximum absolute atomic E-state index is 12.1. The molecule has 1 aromatic carbocycles. The predicted molar refractivity (Wildman–Crippen MR) is 95.7 cm³/mol. The first kappa shape index (κ1) is 19.2. The molecule has 4 nitrogen and oxygen atoms in total. The molecule has 0 saturated carbocycles. The van der Waals surface area contributed by atoms with Gasteiger partial charge in [-0.2, -0.15) is 0 Å². The summed E-state index contributed by atoms with van der Waals surface area (Å²) in [5.41, 5.74) is 2.22. The summed E-state index contributed by atoms with van der Waals surface area (Å²) in [6.45, 7) is 8.56. The van der Waals surface area contributed by atoms with Crippen molar-refractivity contribution in [3.8, 4) is 0 Å². The Labute approximate surface area is 140 Å². The number of carbonyl (C=O) groups excluding carboxylic acids is 2. The number of carbonyl (C=O) groups is 2. The van der Waals surface area contributed by atoms with Crippen LogP contribution in [0.1, 0.15) is 68.8 Å². The van der Waals surface area contributed by atoms with Gasteiger partial charge in [0.15, 0.2) is 0 Å². The second-order valence-corrected chi connectivity index (χ2v) is 6.56. The van der Waals surface area contributed by atoms with E-state index < -0.39 is 0 Å². The molecular formula is C19H30N2O2. The van der Waals surface area contributed by atoms with Gasteiger partial charge in [0.25, 0.3) is 5.91 Å². The maximum Gasteiger partial charge on any atom is 0.251 e. The Morgan fingerprint density at radius 2 is 1.78 bits per heavy atom. The van der Waals surface area contributed by atoms with Crippen LogP contribution in [0.25, 0.3) is 0 Å². The SMILES string of the molecule is CC(=O)Nc1cc(C(=O)NCCCCCCC(C)C)ccc1C. The summed E-state index contributed by atoms with van der Waals surface area (Å²) in [4.78, 5) is 23.3. The Balaban J connectivity index is 2.36. The Morgan fingerprint density at radius 1 is 1.09 bits per heavy atom. The van der Waals surface area contributed by atoms with Gasteiger partial charge in [0.1, 0.15) is 0 Å². The highest BCUT2D eigenvalue weighted by Gasteiger charge is 2.08. The zero-order valence-electron chi connectivity index (χ0n) is 14.9. The van der Waals surface area contributed by atoms with E-state index in [9.17, 15) is 9.59 Å². The summed E-state index contributed by atoms with van der Waals surface area (Å²) in [5, 5.41) is 5.70. The van der Waals surface area contributed by atoms with Crippen LogP contribution >= 0.6 is 0 Å². The van der Waals surface area contributed by atoms with Gasteiger partial charge in [0.2, 0.25) is 5.91 Å². The summed E-state index contributed by atoms with van der Waals surface area (Å²) in [7, 11) is 0. The minimum absolute atomic E-state index is 0.0845. The van der Waals surface area contributed by atoms with Crippen molar-refractivity contribution in [2.24, 2.45) is 5.92 Å². The van der Waals surface area contributed by atoms with Crippen LogP contribution in [0.2, 0.25) is 0 Å². The van der Waals surface area contributed by atoms with Crippen LogP contribution in [0.5, 0.6) is 0 Å². The smallest absolute Gasteiger partial charge is 0.251 e. The lowest BCUT2D eigenvalue weighted by Crippen LogP contribution is -2.24. The molecule has 23 heavy (non-hydrogen) atoms. The van der Waals surface area contributed by atoms with Gasteiger partial charge in [-0.15, -0.1) is 0 Å². The predicted octanol–water partition coefficient (Wildman–Crippen LogP) is 4.29. The number of nitrogens with one attached hydrogen (secondary N) is 2. The zero-order valence-corrected chi connectivity index (χ0v) is 14.9. The van der Waals surface area contributed by atoms with Crippen molar-refractivity contribution < 1.29 is 9.59 Å². The topological polar surface area (TPSA) is 58.2 Å². The van der Waals surface area contributed by atoms with Crippen molar-refractivity contribution in [3.05, 3.63) is 29.3 Å². The number of aryl methyl sites for hydroxylation is 1. The largest absolute Gasteiger partial charge is 0.352 e. The van der Waals surface area contributed by atoms with Gasteiger partial charge < -0.3 is 10.6 Å². The molecule has 128 valence electrons. The highest BCUT2D eigenvalue weighted by atomic mass is 16.2. The van der Waals surface area contributed by atoms with Crippen molar-refractivity contribution in [2.75, 3.05) is 11.9 Å². The molecule has 1 rings (SSSR count). The first-order chi connectivity index (χ1) is 10.9. The van der Waals surface area contributed by atoms with Gasteiger partial charge in [-0.25, -0.2) is 0 Å². The van der Waals surface area contributed by atoms with Crippen molar-refractivity contribution in [3.63, 3.8) is 0 Å². The van der Waals surface area contributed by atoms with Crippen LogP contribution in [0.15, 0.2) is 18.2 Å². The molecule has 0 bridgehead atoms. The van der Waals surface area contributed by atoms with E-state index in [1.807, 2.05) is 13.0 Å². The molecule has 0 aliphatic carbocycles. The Morgan fingerprint density at radius 3 is 2.43 bits per heavy atom. The van der Waals surface area contributed by atoms with E-state index in [2.05, 4.69) is 24.5 Å². The molecule has 2 N–H and O–H groups in total. The molecule has 0 saturated heterocycles. The van der Waals surface area contributed by atoms with E-state index in [-0.39, 0.29) is 11.8 Å². The molecule has 0 aromatic heterocycles. The van der Waals surface area contributed by atoms with Crippen molar-refractivity contribution in [1.82, 2.24) is 5.32 Å². The second-order valence-electron chi connectivity index (χ2n) is 6.56. The normalized spacial score (nSPS) is 10.7. The first-order valence-electron chi connectivity index (χ1n) is 8.56. The number of amides is 2. The van der Waals surface area contributed by atoms with Gasteiger partial charge in [-0.1, -0.05) is 45.6 Å². The van der Waals surface area contributed by atoms with Crippen molar-refractivity contribution >= 4 is 17.5 Å². The standard InChI is InChI=1S/C19H30N2O2/c1-14(2)9-7-5-6-8-12-20-19(23)17-11-10-15(3)18(13-17)21-16(4)22/h10-11,13-14H,5-9,12H2,1-4H3,(H,20,23)(H,21,22). The Kier molecular flexibility index (Phi) is 8.38. The van der Waals surface area contributed by atoms with E-state index in [0.29, 0.717) is 17.8 Å². The molecule has 4 heteroatoms. The van der Waals surface area contributed by atoms with Crippen molar-refractivity contribution in [2.45, 2.75) is 59.8 Å². The Hall–Kier alpha value is -1.84. The molecule has 0 unspecified atom stereocenters. The Bertz CT molecular complexity index is 524. The van der Waals surface area contributed by atoms with Crippen LogP contribution in [0.4, 0.5) is 5.69 Å². The second kappa shape index (κ2) is 10.0. The molecular weight excluding hydrogens is 288 g/mol. The van der Waals surface area contributed by atoms with Crippen molar-refractivity contribution in [1.29, 1.82) is 0 Å². The minimum Gasteiger partial charge on any atom is -0.352 e. The monoisotopic (exact) mass is 318 g/mol. The average Bonchev–Trinajstić information content (AvgIpc) is 2.47. The molecule has 0 aliphatic rings. The van der Waals surface area contributed by atoms with Crippen LogP contribution in [0.3, 0.4) is 0 Å². The fourth-order valence-corrected chi connectivity index (χ4v) is 2.42. The van der Waals surface area contributed by atoms with Gasteiger partial charge in [0.05, 0.1) is 0 Å². The lowest BCUT2D eigenvalue weighted by atomic mass is 10.0.